The molecule has 6 nitrogen and oxygen atoms in total. The molecule has 1 aliphatic carbocycles. The number of hydrogen-bond acceptors (Lipinski definition) is 6. The molecule has 1 saturated carbocycles. The number of nitrogens with one attached hydrogen (secondary N) is 1. The summed E-state index contributed by atoms with van der Waals surface area (Å²) in [5.74, 6) is 2.78. The lowest BCUT2D eigenvalue weighted by atomic mass is 10.3. The van der Waals surface area contributed by atoms with E-state index in [-0.39, 0.29) is 0 Å². The van der Waals surface area contributed by atoms with Gasteiger partial charge >= 0.3 is 0 Å². The second-order valence-corrected chi connectivity index (χ2v) is 5.03. The average molecular weight is 265 g/mol. The highest BCUT2D eigenvalue weighted by Gasteiger charge is 2.27. The molecule has 0 atom stereocenters. The highest BCUT2D eigenvalue weighted by atomic mass is 16.5. The van der Waals surface area contributed by atoms with Gasteiger partial charge in [0.15, 0.2) is 0 Å². The van der Waals surface area contributed by atoms with Crippen molar-refractivity contribution in [3.8, 4) is 0 Å². The van der Waals surface area contributed by atoms with Crippen molar-refractivity contribution in [3.05, 3.63) is 11.9 Å². The summed E-state index contributed by atoms with van der Waals surface area (Å²) in [4.78, 5) is 11.0. The van der Waals surface area contributed by atoms with Gasteiger partial charge in [-0.15, -0.1) is 0 Å². The van der Waals surface area contributed by atoms with E-state index in [9.17, 15) is 0 Å². The van der Waals surface area contributed by atoms with Gasteiger partial charge < -0.3 is 20.7 Å². The topological polar surface area (TPSA) is 76.3 Å². The normalized spacial score (nSPS) is 14.9. The van der Waals surface area contributed by atoms with Gasteiger partial charge in [0.05, 0.1) is 6.61 Å². The van der Waals surface area contributed by atoms with Crippen molar-refractivity contribution in [2.75, 3.05) is 51.4 Å². The SMILES string of the molecule is COCCN(C)CCNc1cc(N)nc(C2CC2)n1. The van der Waals surface area contributed by atoms with Crippen LogP contribution in [-0.2, 0) is 4.74 Å². The molecule has 0 saturated heterocycles. The molecule has 0 aliphatic heterocycles. The molecule has 6 heteroatoms. The minimum absolute atomic E-state index is 0.522. The van der Waals surface area contributed by atoms with Gasteiger partial charge in [0, 0.05) is 38.7 Å². The largest absolute Gasteiger partial charge is 0.384 e. The number of aromatic nitrogens is 2. The molecule has 3 N–H and O–H groups in total. The Kier molecular flexibility index (Phi) is 4.93. The monoisotopic (exact) mass is 265 g/mol. The Bertz CT molecular complexity index is 408. The predicted octanol–water partition coefficient (Wildman–Crippen LogP) is 0.926. The minimum atomic E-state index is 0.522. The van der Waals surface area contributed by atoms with Gasteiger partial charge in [-0.25, -0.2) is 9.97 Å². The van der Waals surface area contributed by atoms with Gasteiger partial charge in [-0.1, -0.05) is 0 Å². The third-order valence-electron chi connectivity index (χ3n) is 3.18. The molecule has 19 heavy (non-hydrogen) atoms. The number of methoxy groups -OCH3 is 1. The summed E-state index contributed by atoms with van der Waals surface area (Å²) in [5.41, 5.74) is 5.80. The van der Waals surface area contributed by atoms with E-state index in [4.69, 9.17) is 10.5 Å². The molecular formula is C13H23N5O. The third kappa shape index (κ3) is 4.65. The number of nitrogens with two attached hydrogens (primary N) is 1. The van der Waals surface area contributed by atoms with Crippen LogP contribution in [0.4, 0.5) is 11.6 Å². The molecule has 1 aromatic heterocycles. The Morgan fingerprint density at radius 3 is 2.89 bits per heavy atom. The average Bonchev–Trinajstić information content (AvgIpc) is 3.20. The molecule has 0 aromatic carbocycles. The van der Waals surface area contributed by atoms with Gasteiger partial charge in [-0.05, 0) is 19.9 Å². The highest BCUT2D eigenvalue weighted by molar-refractivity contribution is 5.45. The van der Waals surface area contributed by atoms with Crippen molar-refractivity contribution in [3.63, 3.8) is 0 Å². The first-order chi connectivity index (χ1) is 9.19. The quantitative estimate of drug-likeness (QED) is 0.728. The summed E-state index contributed by atoms with van der Waals surface area (Å²) in [5, 5.41) is 3.30. The first-order valence-electron chi connectivity index (χ1n) is 6.75. The molecule has 0 spiro atoms. The zero-order valence-electron chi connectivity index (χ0n) is 11.7. The van der Waals surface area contributed by atoms with Crippen LogP contribution in [0.25, 0.3) is 0 Å². The van der Waals surface area contributed by atoms with Crippen molar-refractivity contribution in [1.29, 1.82) is 0 Å². The molecule has 1 fully saturated rings. The zero-order valence-corrected chi connectivity index (χ0v) is 11.7. The summed E-state index contributed by atoms with van der Waals surface area (Å²) in [6.45, 7) is 3.45. The molecule has 0 unspecified atom stereocenters. The maximum Gasteiger partial charge on any atom is 0.136 e. The number of hydrogen-bond donors (Lipinski definition) is 2. The van der Waals surface area contributed by atoms with Gasteiger partial charge in [0.25, 0.3) is 0 Å². The van der Waals surface area contributed by atoms with E-state index < -0.39 is 0 Å². The Hall–Kier alpha value is -1.40. The third-order valence-corrected chi connectivity index (χ3v) is 3.18. The molecule has 0 bridgehead atoms. The fourth-order valence-corrected chi connectivity index (χ4v) is 1.83. The molecule has 1 aromatic rings. The fourth-order valence-electron chi connectivity index (χ4n) is 1.83. The van der Waals surface area contributed by atoms with Crippen LogP contribution in [0, 0.1) is 0 Å². The van der Waals surface area contributed by atoms with Crippen LogP contribution >= 0.6 is 0 Å². The number of nitrogens with zero attached hydrogens (tertiary/aromatic N) is 3. The fraction of sp³-hybridized carbons (Fsp3) is 0.692. The second kappa shape index (κ2) is 6.68. The molecule has 2 rings (SSSR count). The Balaban J connectivity index is 1.79. The number of ether oxygens (including phenoxy) is 1. The molecule has 0 radical (unpaired) electrons. The van der Waals surface area contributed by atoms with E-state index in [0.29, 0.717) is 11.7 Å². The van der Waals surface area contributed by atoms with Crippen LogP contribution in [0.2, 0.25) is 0 Å². The number of rotatable bonds is 8. The van der Waals surface area contributed by atoms with E-state index in [0.717, 1.165) is 37.9 Å². The Labute approximate surface area is 114 Å². The van der Waals surface area contributed by atoms with Crippen LogP contribution in [0.15, 0.2) is 6.07 Å². The standard InChI is InChI=1S/C13H23N5O/c1-18(7-8-19-2)6-5-15-12-9-11(14)16-13(17-12)10-3-4-10/h9-10H,3-8H2,1-2H3,(H3,14,15,16,17). The summed E-state index contributed by atoms with van der Waals surface area (Å²) in [6, 6.07) is 1.79. The predicted molar refractivity (Wildman–Crippen MR) is 76.3 cm³/mol. The zero-order chi connectivity index (χ0) is 13.7. The van der Waals surface area contributed by atoms with Crippen molar-refractivity contribution >= 4 is 11.6 Å². The first kappa shape index (κ1) is 14.0. The number of anilines is 2. The lowest BCUT2D eigenvalue weighted by Gasteiger charge is -2.16. The van der Waals surface area contributed by atoms with Crippen LogP contribution in [0.1, 0.15) is 24.6 Å². The summed E-state index contributed by atoms with van der Waals surface area (Å²) in [7, 11) is 3.79. The molecular weight excluding hydrogens is 242 g/mol. The lowest BCUT2D eigenvalue weighted by Crippen LogP contribution is -2.28. The van der Waals surface area contributed by atoms with Gasteiger partial charge in [0.1, 0.15) is 17.5 Å². The lowest BCUT2D eigenvalue weighted by molar-refractivity contribution is 0.163. The summed E-state index contributed by atoms with van der Waals surface area (Å²) >= 11 is 0. The summed E-state index contributed by atoms with van der Waals surface area (Å²) in [6.07, 6.45) is 2.37. The molecule has 0 amide bonds. The van der Waals surface area contributed by atoms with Crippen LogP contribution < -0.4 is 11.1 Å². The Morgan fingerprint density at radius 2 is 2.21 bits per heavy atom. The molecule has 106 valence electrons. The highest BCUT2D eigenvalue weighted by Crippen LogP contribution is 2.38. The van der Waals surface area contributed by atoms with E-state index >= 15 is 0 Å². The Morgan fingerprint density at radius 1 is 1.42 bits per heavy atom. The van der Waals surface area contributed by atoms with Crippen LogP contribution in [-0.4, -0.2) is 55.3 Å². The van der Waals surface area contributed by atoms with Crippen molar-refractivity contribution < 1.29 is 4.74 Å². The molecule has 1 heterocycles. The van der Waals surface area contributed by atoms with Gasteiger partial charge in [-0.3, -0.25) is 0 Å². The van der Waals surface area contributed by atoms with E-state index in [1.165, 1.54) is 12.8 Å². The molecule has 1 aliphatic rings. The van der Waals surface area contributed by atoms with Crippen LogP contribution in [0.3, 0.4) is 0 Å². The van der Waals surface area contributed by atoms with Gasteiger partial charge in [0.2, 0.25) is 0 Å². The smallest absolute Gasteiger partial charge is 0.136 e. The maximum absolute atomic E-state index is 5.80. The maximum atomic E-state index is 5.80. The van der Waals surface area contributed by atoms with Crippen LogP contribution in [0.5, 0.6) is 0 Å². The van der Waals surface area contributed by atoms with E-state index in [1.807, 2.05) is 0 Å². The van der Waals surface area contributed by atoms with E-state index in [2.05, 4.69) is 27.2 Å². The minimum Gasteiger partial charge on any atom is -0.384 e. The van der Waals surface area contributed by atoms with Crippen molar-refractivity contribution in [1.82, 2.24) is 14.9 Å². The van der Waals surface area contributed by atoms with Crippen molar-refractivity contribution in [2.45, 2.75) is 18.8 Å². The van der Waals surface area contributed by atoms with E-state index in [1.54, 1.807) is 13.2 Å². The number of nitrogen functional groups attached to an aromatic ring is 1. The van der Waals surface area contributed by atoms with Crippen molar-refractivity contribution in [2.24, 2.45) is 0 Å². The van der Waals surface area contributed by atoms with Gasteiger partial charge in [-0.2, -0.15) is 0 Å². The first-order valence-corrected chi connectivity index (χ1v) is 6.75. The number of likely N-dealkylation sites (N-methyl/N-ethyl adjacent to an activating group) is 1. The summed E-state index contributed by atoms with van der Waals surface area (Å²) < 4.78 is 5.04. The second-order valence-electron chi connectivity index (χ2n) is 5.03.